The number of carbonyl (C=O) groups excluding carboxylic acids is 1. The molecule has 1 amide bonds. The van der Waals surface area contributed by atoms with Crippen LogP contribution < -0.4 is 4.90 Å². The highest BCUT2D eigenvalue weighted by atomic mass is 35.5. The van der Waals surface area contributed by atoms with Gasteiger partial charge in [0.05, 0.1) is 23.3 Å². The molecule has 0 aliphatic rings. The number of para-hydroxylation sites is 3. The lowest BCUT2D eigenvalue weighted by molar-refractivity contribution is -0.115. The number of hydrogen-bond acceptors (Lipinski definition) is 3. The predicted molar refractivity (Wildman–Crippen MR) is 121 cm³/mol. The Kier molecular flexibility index (Phi) is 5.88. The maximum Gasteiger partial charge on any atom is 0.237 e. The summed E-state index contributed by atoms with van der Waals surface area (Å²) < 4.78 is 2.15. The third kappa shape index (κ3) is 4.47. The Morgan fingerprint density at radius 2 is 1.69 bits per heavy atom. The van der Waals surface area contributed by atoms with Gasteiger partial charge in [0, 0.05) is 17.8 Å². The van der Waals surface area contributed by atoms with Gasteiger partial charge in [0.25, 0.3) is 0 Å². The molecule has 0 saturated carbocycles. The van der Waals surface area contributed by atoms with Crippen LogP contribution in [0.15, 0.2) is 84.0 Å². The van der Waals surface area contributed by atoms with Crippen molar-refractivity contribution in [3.63, 3.8) is 0 Å². The lowest BCUT2D eigenvalue weighted by Gasteiger charge is -2.17. The van der Waals surface area contributed by atoms with Crippen LogP contribution in [0.25, 0.3) is 11.0 Å². The number of nitrogens with zero attached hydrogens (tertiary/aromatic N) is 3. The number of amides is 1. The molecule has 1 aromatic heterocycles. The van der Waals surface area contributed by atoms with Gasteiger partial charge in [-0.1, -0.05) is 65.8 Å². The molecule has 1 heterocycles. The van der Waals surface area contributed by atoms with E-state index in [0.717, 1.165) is 27.4 Å². The Morgan fingerprint density at radius 3 is 2.45 bits per heavy atom. The first-order chi connectivity index (χ1) is 14.1. The molecule has 0 unspecified atom stereocenters. The van der Waals surface area contributed by atoms with Crippen LogP contribution in [0.5, 0.6) is 0 Å². The monoisotopic (exact) mass is 421 g/mol. The molecule has 0 spiro atoms. The molecule has 0 bridgehead atoms. The largest absolute Gasteiger partial charge is 0.315 e. The number of rotatable bonds is 6. The van der Waals surface area contributed by atoms with Crippen molar-refractivity contribution >= 4 is 46.0 Å². The van der Waals surface area contributed by atoms with Crippen molar-refractivity contribution in [2.75, 3.05) is 17.7 Å². The van der Waals surface area contributed by atoms with Crippen molar-refractivity contribution in [1.29, 1.82) is 0 Å². The molecule has 3 aromatic carbocycles. The number of benzene rings is 3. The van der Waals surface area contributed by atoms with Gasteiger partial charge in [0.15, 0.2) is 5.16 Å². The van der Waals surface area contributed by atoms with Crippen molar-refractivity contribution in [3.05, 3.63) is 89.4 Å². The van der Waals surface area contributed by atoms with Gasteiger partial charge in [0.1, 0.15) is 0 Å². The van der Waals surface area contributed by atoms with Gasteiger partial charge in [-0.05, 0) is 42.0 Å². The van der Waals surface area contributed by atoms with Crippen molar-refractivity contribution in [1.82, 2.24) is 9.55 Å². The molecule has 0 N–H and O–H groups in total. The Morgan fingerprint density at radius 1 is 1.00 bits per heavy atom. The SMILES string of the molecule is CN(C(=O)CSc1nc2ccccc2n1Cc1ccc(Cl)cc1)c1ccccc1. The normalized spacial score (nSPS) is 11.0. The quantitative estimate of drug-likeness (QED) is 0.386. The van der Waals surface area contributed by atoms with E-state index in [1.165, 1.54) is 11.8 Å². The summed E-state index contributed by atoms with van der Waals surface area (Å²) in [7, 11) is 1.80. The van der Waals surface area contributed by atoms with Crippen LogP contribution in [0, 0.1) is 0 Å². The van der Waals surface area contributed by atoms with Crippen LogP contribution in [0.4, 0.5) is 5.69 Å². The van der Waals surface area contributed by atoms with Crippen LogP contribution in [-0.4, -0.2) is 28.3 Å². The minimum absolute atomic E-state index is 0.0336. The van der Waals surface area contributed by atoms with Crippen molar-refractivity contribution in [3.8, 4) is 0 Å². The van der Waals surface area contributed by atoms with E-state index in [1.54, 1.807) is 11.9 Å². The standard InChI is InChI=1S/C23H20ClN3OS/c1-26(19-7-3-2-4-8-19)22(28)16-29-23-25-20-9-5-6-10-21(20)27(23)15-17-11-13-18(24)14-12-17/h2-14H,15-16H2,1H3. The Balaban J connectivity index is 1.56. The summed E-state index contributed by atoms with van der Waals surface area (Å²) in [5, 5.41) is 1.55. The first-order valence-electron chi connectivity index (χ1n) is 9.26. The number of hydrogen-bond donors (Lipinski definition) is 0. The minimum atomic E-state index is 0.0336. The van der Waals surface area contributed by atoms with Gasteiger partial charge in [-0.3, -0.25) is 4.79 Å². The second kappa shape index (κ2) is 8.72. The predicted octanol–water partition coefficient (Wildman–Crippen LogP) is 5.49. The zero-order chi connectivity index (χ0) is 20.2. The first-order valence-corrected chi connectivity index (χ1v) is 10.6. The number of fused-ring (bicyclic) bond motifs is 1. The first kappa shape index (κ1) is 19.6. The molecular weight excluding hydrogens is 402 g/mol. The van der Waals surface area contributed by atoms with Gasteiger partial charge in [-0.2, -0.15) is 0 Å². The zero-order valence-electron chi connectivity index (χ0n) is 16.0. The van der Waals surface area contributed by atoms with Crippen molar-refractivity contribution in [2.45, 2.75) is 11.7 Å². The molecule has 0 saturated heterocycles. The second-order valence-electron chi connectivity index (χ2n) is 6.67. The summed E-state index contributed by atoms with van der Waals surface area (Å²) in [6, 6.07) is 25.5. The fourth-order valence-corrected chi connectivity index (χ4v) is 4.16. The molecule has 4 aromatic rings. The fraction of sp³-hybridized carbons (Fsp3) is 0.130. The molecule has 0 aliphatic heterocycles. The van der Waals surface area contributed by atoms with E-state index in [1.807, 2.05) is 72.8 Å². The van der Waals surface area contributed by atoms with E-state index in [2.05, 4.69) is 10.6 Å². The smallest absolute Gasteiger partial charge is 0.237 e. The number of imidazole rings is 1. The molecule has 146 valence electrons. The summed E-state index contributed by atoms with van der Waals surface area (Å²) in [5.74, 6) is 0.348. The van der Waals surface area contributed by atoms with E-state index in [0.29, 0.717) is 17.3 Å². The van der Waals surface area contributed by atoms with E-state index in [9.17, 15) is 4.79 Å². The van der Waals surface area contributed by atoms with Gasteiger partial charge < -0.3 is 9.47 Å². The van der Waals surface area contributed by atoms with Gasteiger partial charge in [-0.15, -0.1) is 0 Å². The third-order valence-electron chi connectivity index (χ3n) is 4.72. The average molecular weight is 422 g/mol. The van der Waals surface area contributed by atoms with Crippen LogP contribution in [-0.2, 0) is 11.3 Å². The molecule has 0 atom stereocenters. The molecule has 0 radical (unpaired) electrons. The topological polar surface area (TPSA) is 38.1 Å². The highest BCUT2D eigenvalue weighted by Crippen LogP contribution is 2.26. The molecule has 29 heavy (non-hydrogen) atoms. The maximum absolute atomic E-state index is 12.7. The van der Waals surface area contributed by atoms with Crippen LogP contribution >= 0.6 is 23.4 Å². The van der Waals surface area contributed by atoms with E-state index in [4.69, 9.17) is 16.6 Å². The van der Waals surface area contributed by atoms with E-state index in [-0.39, 0.29) is 5.91 Å². The van der Waals surface area contributed by atoms with Crippen LogP contribution in [0.2, 0.25) is 5.02 Å². The number of halogens is 1. The summed E-state index contributed by atoms with van der Waals surface area (Å²) >= 11 is 7.48. The lowest BCUT2D eigenvalue weighted by Crippen LogP contribution is -2.27. The minimum Gasteiger partial charge on any atom is -0.315 e. The molecule has 0 fully saturated rings. The van der Waals surface area contributed by atoms with E-state index >= 15 is 0 Å². The summed E-state index contributed by atoms with van der Waals surface area (Å²) in [6.45, 7) is 0.669. The summed E-state index contributed by atoms with van der Waals surface area (Å²) in [4.78, 5) is 19.1. The number of carbonyl (C=O) groups is 1. The van der Waals surface area contributed by atoms with Crippen LogP contribution in [0.3, 0.4) is 0 Å². The van der Waals surface area contributed by atoms with Gasteiger partial charge >= 0.3 is 0 Å². The fourth-order valence-electron chi connectivity index (χ4n) is 3.11. The van der Waals surface area contributed by atoms with Crippen molar-refractivity contribution in [2.24, 2.45) is 0 Å². The summed E-state index contributed by atoms with van der Waals surface area (Å²) in [6.07, 6.45) is 0. The van der Waals surface area contributed by atoms with Crippen molar-refractivity contribution < 1.29 is 4.79 Å². The molecule has 4 rings (SSSR count). The number of thioether (sulfide) groups is 1. The molecular formula is C23H20ClN3OS. The number of anilines is 1. The Hall–Kier alpha value is -2.76. The Labute approximate surface area is 179 Å². The van der Waals surface area contributed by atoms with Crippen LogP contribution in [0.1, 0.15) is 5.56 Å². The van der Waals surface area contributed by atoms with Gasteiger partial charge in [-0.25, -0.2) is 4.98 Å². The molecule has 4 nitrogen and oxygen atoms in total. The highest BCUT2D eigenvalue weighted by molar-refractivity contribution is 7.99. The number of aromatic nitrogens is 2. The lowest BCUT2D eigenvalue weighted by atomic mass is 10.2. The third-order valence-corrected chi connectivity index (χ3v) is 5.93. The average Bonchev–Trinajstić information content (AvgIpc) is 3.11. The zero-order valence-corrected chi connectivity index (χ0v) is 17.5. The van der Waals surface area contributed by atoms with E-state index < -0.39 is 0 Å². The molecule has 0 aliphatic carbocycles. The highest BCUT2D eigenvalue weighted by Gasteiger charge is 2.16. The molecule has 6 heteroatoms. The second-order valence-corrected chi connectivity index (χ2v) is 8.05. The maximum atomic E-state index is 12.7. The summed E-state index contributed by atoms with van der Waals surface area (Å²) in [5.41, 5.74) is 3.99. The van der Waals surface area contributed by atoms with Gasteiger partial charge in [0.2, 0.25) is 5.91 Å². The Bertz CT molecular complexity index is 1130.